The molecule has 0 aliphatic rings. The van der Waals surface area contributed by atoms with Crippen molar-refractivity contribution < 1.29 is 19.4 Å². The number of H-pyrrole nitrogens is 1. The van der Waals surface area contributed by atoms with Crippen molar-refractivity contribution in [2.24, 2.45) is 0 Å². The molecule has 142 valence electrons. The Kier molecular flexibility index (Phi) is 6.86. The molecule has 27 heavy (non-hydrogen) atoms. The second kappa shape index (κ2) is 9.54. The predicted molar refractivity (Wildman–Crippen MR) is 104 cm³/mol. The highest BCUT2D eigenvalue weighted by Gasteiger charge is 2.12. The average Bonchev–Trinajstić information content (AvgIpc) is 3.37. The van der Waals surface area contributed by atoms with Crippen LogP contribution < -0.4 is 4.74 Å². The molecule has 2 N–H and O–H groups in total. The molecule has 1 unspecified atom stereocenters. The summed E-state index contributed by atoms with van der Waals surface area (Å²) >= 11 is 2.94. The number of benzene rings is 1. The van der Waals surface area contributed by atoms with Gasteiger partial charge in [-0.25, -0.2) is 9.78 Å². The molecule has 3 rings (SSSR count). The zero-order valence-corrected chi connectivity index (χ0v) is 16.3. The molecule has 2 heterocycles. The first-order valence-corrected chi connectivity index (χ1v) is 10.2. The van der Waals surface area contributed by atoms with Gasteiger partial charge in [0.1, 0.15) is 12.4 Å². The van der Waals surface area contributed by atoms with E-state index in [1.165, 1.54) is 11.8 Å². The molecule has 0 bridgehead atoms. The summed E-state index contributed by atoms with van der Waals surface area (Å²) in [5.74, 6) is 1.33. The molecule has 0 aliphatic heterocycles. The normalized spacial score (nSPS) is 11.9. The van der Waals surface area contributed by atoms with Crippen molar-refractivity contribution in [2.75, 3.05) is 19.0 Å². The van der Waals surface area contributed by atoms with E-state index in [0.29, 0.717) is 28.8 Å². The number of hydrogen-bond donors (Lipinski definition) is 2. The fraction of sp³-hybridized carbons (Fsp3) is 0.278. The van der Waals surface area contributed by atoms with E-state index in [4.69, 9.17) is 9.47 Å². The third kappa shape index (κ3) is 5.56. The van der Waals surface area contributed by atoms with Crippen LogP contribution in [0.5, 0.6) is 5.75 Å². The van der Waals surface area contributed by atoms with Crippen molar-refractivity contribution in [3.05, 3.63) is 47.3 Å². The van der Waals surface area contributed by atoms with E-state index in [1.807, 2.05) is 17.5 Å². The highest BCUT2D eigenvalue weighted by Crippen LogP contribution is 2.23. The van der Waals surface area contributed by atoms with Gasteiger partial charge in [0.25, 0.3) is 0 Å². The maximum atomic E-state index is 11.6. The molecule has 0 amide bonds. The number of hydrogen-bond acceptors (Lipinski definition) is 8. The van der Waals surface area contributed by atoms with Gasteiger partial charge in [-0.05, 0) is 42.6 Å². The highest BCUT2D eigenvalue weighted by molar-refractivity contribution is 7.99. The van der Waals surface area contributed by atoms with Crippen LogP contribution in [-0.4, -0.2) is 51.3 Å². The number of thioether (sulfide) groups is 1. The second-order valence-corrected chi connectivity index (χ2v) is 7.40. The van der Waals surface area contributed by atoms with Gasteiger partial charge >= 0.3 is 5.97 Å². The third-order valence-corrected chi connectivity index (χ3v) is 5.30. The number of aromatic amines is 1. The molecule has 0 aliphatic carbocycles. The van der Waals surface area contributed by atoms with Crippen molar-refractivity contribution in [2.45, 2.75) is 18.2 Å². The Morgan fingerprint density at radius 1 is 1.33 bits per heavy atom. The number of rotatable bonds is 9. The SMILES string of the molecule is CCOC(=O)c1ccc(OCC(O)CSc2n[nH]c(-c3cccs3)n2)cc1. The van der Waals surface area contributed by atoms with Crippen LogP contribution in [0, 0.1) is 0 Å². The molecular weight excluding hydrogens is 386 g/mol. The Morgan fingerprint density at radius 3 is 2.85 bits per heavy atom. The third-order valence-electron chi connectivity index (χ3n) is 3.43. The minimum Gasteiger partial charge on any atom is -0.491 e. The summed E-state index contributed by atoms with van der Waals surface area (Å²) in [5, 5.41) is 19.7. The van der Waals surface area contributed by atoms with Gasteiger partial charge in [-0.1, -0.05) is 17.8 Å². The highest BCUT2D eigenvalue weighted by atomic mass is 32.2. The lowest BCUT2D eigenvalue weighted by atomic mass is 10.2. The number of carbonyl (C=O) groups is 1. The molecule has 1 aromatic carbocycles. The Balaban J connectivity index is 1.43. The summed E-state index contributed by atoms with van der Waals surface area (Å²) in [6.45, 7) is 2.23. The smallest absolute Gasteiger partial charge is 0.338 e. The minimum absolute atomic E-state index is 0.133. The second-order valence-electron chi connectivity index (χ2n) is 5.46. The van der Waals surface area contributed by atoms with Gasteiger partial charge < -0.3 is 14.6 Å². The van der Waals surface area contributed by atoms with Gasteiger partial charge in [0.15, 0.2) is 5.82 Å². The Hall–Kier alpha value is -2.36. The molecule has 0 fully saturated rings. The first-order valence-electron chi connectivity index (χ1n) is 8.33. The monoisotopic (exact) mass is 405 g/mol. The van der Waals surface area contributed by atoms with Crippen molar-refractivity contribution in [1.29, 1.82) is 0 Å². The van der Waals surface area contributed by atoms with Crippen LogP contribution in [0.25, 0.3) is 10.7 Å². The van der Waals surface area contributed by atoms with Crippen molar-refractivity contribution in [3.8, 4) is 16.5 Å². The molecule has 0 saturated heterocycles. The maximum absolute atomic E-state index is 11.6. The van der Waals surface area contributed by atoms with Crippen molar-refractivity contribution in [3.63, 3.8) is 0 Å². The number of aliphatic hydroxyl groups excluding tert-OH is 1. The molecular formula is C18H19N3O4S2. The van der Waals surface area contributed by atoms with E-state index in [9.17, 15) is 9.90 Å². The van der Waals surface area contributed by atoms with Crippen LogP contribution in [0.4, 0.5) is 0 Å². The van der Waals surface area contributed by atoms with Crippen molar-refractivity contribution in [1.82, 2.24) is 15.2 Å². The lowest BCUT2D eigenvalue weighted by molar-refractivity contribution is 0.0526. The molecule has 0 saturated carbocycles. The first-order chi connectivity index (χ1) is 13.2. The molecule has 1 atom stereocenters. The number of esters is 1. The van der Waals surface area contributed by atoms with Crippen LogP contribution in [-0.2, 0) is 4.74 Å². The standard InChI is InChI=1S/C18H19N3O4S2/c1-2-24-17(23)12-5-7-14(8-6-12)25-10-13(22)11-27-18-19-16(20-21-18)15-4-3-9-26-15/h3-9,13,22H,2,10-11H2,1H3,(H,19,20,21). The molecule has 3 aromatic rings. The van der Waals surface area contributed by atoms with Crippen LogP contribution >= 0.6 is 23.1 Å². The van der Waals surface area contributed by atoms with Crippen LogP contribution in [0.2, 0.25) is 0 Å². The van der Waals surface area contributed by atoms with Gasteiger partial charge in [0.05, 0.1) is 23.2 Å². The van der Waals surface area contributed by atoms with Gasteiger partial charge in [0.2, 0.25) is 5.16 Å². The number of thiophene rings is 1. The van der Waals surface area contributed by atoms with Gasteiger partial charge in [-0.3, -0.25) is 5.10 Å². The van der Waals surface area contributed by atoms with Crippen LogP contribution in [0.15, 0.2) is 46.9 Å². The summed E-state index contributed by atoms with van der Waals surface area (Å²) in [7, 11) is 0. The zero-order valence-electron chi connectivity index (χ0n) is 14.6. The van der Waals surface area contributed by atoms with E-state index in [1.54, 1.807) is 42.5 Å². The number of nitrogens with zero attached hydrogens (tertiary/aromatic N) is 2. The molecule has 9 heteroatoms. The topological polar surface area (TPSA) is 97.3 Å². The summed E-state index contributed by atoms with van der Waals surface area (Å²) < 4.78 is 10.5. The summed E-state index contributed by atoms with van der Waals surface area (Å²) in [4.78, 5) is 17.0. The van der Waals surface area contributed by atoms with E-state index >= 15 is 0 Å². The predicted octanol–water partition coefficient (Wildman–Crippen LogP) is 3.24. The molecule has 2 aromatic heterocycles. The first kappa shape index (κ1) is 19.4. The molecule has 7 nitrogen and oxygen atoms in total. The number of ether oxygens (including phenoxy) is 2. The minimum atomic E-state index is -0.677. The largest absolute Gasteiger partial charge is 0.491 e. The Morgan fingerprint density at radius 2 is 2.15 bits per heavy atom. The summed E-state index contributed by atoms with van der Waals surface area (Å²) in [5.41, 5.74) is 0.464. The Bertz CT molecular complexity index is 850. The number of aliphatic hydroxyl groups is 1. The fourth-order valence-corrected chi connectivity index (χ4v) is 3.51. The summed E-state index contributed by atoms with van der Waals surface area (Å²) in [6, 6.07) is 10.5. The number of nitrogens with one attached hydrogen (secondary N) is 1. The fourth-order valence-electron chi connectivity index (χ4n) is 2.15. The summed E-state index contributed by atoms with van der Waals surface area (Å²) in [6.07, 6.45) is -0.677. The van der Waals surface area contributed by atoms with Gasteiger partial charge in [0, 0.05) is 5.75 Å². The number of carbonyl (C=O) groups excluding carboxylic acids is 1. The lowest BCUT2D eigenvalue weighted by Crippen LogP contribution is -2.20. The quantitative estimate of drug-likeness (QED) is 0.417. The maximum Gasteiger partial charge on any atom is 0.338 e. The zero-order chi connectivity index (χ0) is 19.1. The Labute approximate surface area is 164 Å². The van der Waals surface area contributed by atoms with E-state index in [0.717, 1.165) is 10.7 Å². The average molecular weight is 406 g/mol. The van der Waals surface area contributed by atoms with Crippen LogP contribution in [0.3, 0.4) is 0 Å². The van der Waals surface area contributed by atoms with Crippen molar-refractivity contribution >= 4 is 29.1 Å². The molecule has 0 radical (unpaired) electrons. The van der Waals surface area contributed by atoms with E-state index in [2.05, 4.69) is 15.2 Å². The lowest BCUT2D eigenvalue weighted by Gasteiger charge is -2.11. The van der Waals surface area contributed by atoms with Gasteiger partial charge in [-0.2, -0.15) is 0 Å². The van der Waals surface area contributed by atoms with E-state index in [-0.39, 0.29) is 12.6 Å². The van der Waals surface area contributed by atoms with Gasteiger partial charge in [-0.15, -0.1) is 16.4 Å². The molecule has 0 spiro atoms. The van der Waals surface area contributed by atoms with Crippen LogP contribution in [0.1, 0.15) is 17.3 Å². The van der Waals surface area contributed by atoms with E-state index < -0.39 is 6.10 Å². The number of aromatic nitrogens is 3.